The lowest BCUT2D eigenvalue weighted by Crippen LogP contribution is -2.34. The van der Waals surface area contributed by atoms with Crippen LogP contribution < -0.4 is 14.8 Å². The summed E-state index contributed by atoms with van der Waals surface area (Å²) >= 11 is 5.73. The second kappa shape index (κ2) is 9.28. The van der Waals surface area contributed by atoms with E-state index in [1.54, 1.807) is 20.5 Å². The smallest absolute Gasteiger partial charge is 0.174 e. The van der Waals surface area contributed by atoms with Crippen LogP contribution in [0.15, 0.2) is 65.3 Å². The number of nitrogens with zero attached hydrogens (tertiary/aromatic N) is 1. The zero-order valence-electron chi connectivity index (χ0n) is 16.3. The van der Waals surface area contributed by atoms with Crippen LogP contribution in [-0.4, -0.2) is 24.2 Å². The third-order valence-corrected chi connectivity index (χ3v) is 4.73. The first-order chi connectivity index (χ1) is 13.6. The molecule has 2 aromatic carbocycles. The first kappa shape index (κ1) is 19.8. The van der Waals surface area contributed by atoms with Crippen molar-refractivity contribution in [1.29, 1.82) is 0 Å². The summed E-state index contributed by atoms with van der Waals surface area (Å²) in [6.45, 7) is 3.13. The highest BCUT2D eigenvalue weighted by Crippen LogP contribution is 2.27. The van der Waals surface area contributed by atoms with Gasteiger partial charge in [-0.05, 0) is 55.0 Å². The van der Waals surface area contributed by atoms with E-state index in [1.165, 1.54) is 0 Å². The normalized spacial score (nSPS) is 10.4. The second-order valence-corrected chi connectivity index (χ2v) is 6.77. The number of para-hydroxylation sites is 1. The molecule has 6 heteroatoms. The van der Waals surface area contributed by atoms with E-state index in [-0.39, 0.29) is 0 Å². The van der Waals surface area contributed by atoms with Crippen LogP contribution in [-0.2, 0) is 13.1 Å². The molecule has 0 fully saturated rings. The zero-order valence-corrected chi connectivity index (χ0v) is 17.1. The molecule has 146 valence electrons. The standard InChI is InChI=1S/C22H24N2O3S/c1-16-10-11-19(21(13-16)26-3)23-22(28)24(15-18-8-6-12-27-18)14-17-7-4-5-9-20(17)25-2/h4-13H,14-15H2,1-3H3,(H,23,28). The van der Waals surface area contributed by atoms with Crippen LogP contribution in [0.4, 0.5) is 5.69 Å². The van der Waals surface area contributed by atoms with Crippen molar-refractivity contribution in [2.45, 2.75) is 20.0 Å². The molecule has 0 saturated heterocycles. The number of furan rings is 1. The number of nitrogens with one attached hydrogen (secondary N) is 1. The molecule has 1 heterocycles. The lowest BCUT2D eigenvalue weighted by Gasteiger charge is -2.26. The zero-order chi connectivity index (χ0) is 19.9. The Kier molecular flexibility index (Phi) is 6.55. The van der Waals surface area contributed by atoms with Gasteiger partial charge in [0, 0.05) is 12.1 Å². The van der Waals surface area contributed by atoms with Gasteiger partial charge in [0.1, 0.15) is 17.3 Å². The summed E-state index contributed by atoms with van der Waals surface area (Å²) in [5.41, 5.74) is 2.98. The maximum absolute atomic E-state index is 5.73. The Morgan fingerprint density at radius 2 is 1.79 bits per heavy atom. The van der Waals surface area contributed by atoms with E-state index in [0.717, 1.165) is 34.1 Å². The monoisotopic (exact) mass is 396 g/mol. The van der Waals surface area contributed by atoms with Crippen LogP contribution in [0, 0.1) is 6.92 Å². The number of ether oxygens (including phenoxy) is 2. The van der Waals surface area contributed by atoms with Crippen molar-refractivity contribution in [3.63, 3.8) is 0 Å². The van der Waals surface area contributed by atoms with Gasteiger partial charge in [-0.2, -0.15) is 0 Å². The average molecular weight is 397 g/mol. The summed E-state index contributed by atoms with van der Waals surface area (Å²) in [5.74, 6) is 2.40. The summed E-state index contributed by atoms with van der Waals surface area (Å²) in [5, 5.41) is 3.88. The Hall–Kier alpha value is -2.99. The minimum Gasteiger partial charge on any atom is -0.496 e. The fourth-order valence-corrected chi connectivity index (χ4v) is 3.16. The first-order valence-electron chi connectivity index (χ1n) is 8.95. The lowest BCUT2D eigenvalue weighted by atomic mass is 10.2. The van der Waals surface area contributed by atoms with Crippen molar-refractivity contribution in [3.8, 4) is 11.5 Å². The van der Waals surface area contributed by atoms with E-state index in [4.69, 9.17) is 26.1 Å². The molecule has 0 aliphatic carbocycles. The Morgan fingerprint density at radius 1 is 1.00 bits per heavy atom. The molecule has 0 amide bonds. The molecular formula is C22H24N2O3S. The van der Waals surface area contributed by atoms with E-state index in [0.29, 0.717) is 18.2 Å². The van der Waals surface area contributed by atoms with E-state index in [1.807, 2.05) is 66.4 Å². The van der Waals surface area contributed by atoms with Gasteiger partial charge in [0.25, 0.3) is 0 Å². The van der Waals surface area contributed by atoms with Crippen LogP contribution >= 0.6 is 12.2 Å². The van der Waals surface area contributed by atoms with Gasteiger partial charge in [0.2, 0.25) is 0 Å². The molecule has 5 nitrogen and oxygen atoms in total. The quantitative estimate of drug-likeness (QED) is 0.567. The number of aryl methyl sites for hydroxylation is 1. The highest BCUT2D eigenvalue weighted by Gasteiger charge is 2.16. The Morgan fingerprint density at radius 3 is 2.50 bits per heavy atom. The van der Waals surface area contributed by atoms with Crippen LogP contribution in [0.3, 0.4) is 0 Å². The molecule has 0 radical (unpaired) electrons. The van der Waals surface area contributed by atoms with Crippen molar-refractivity contribution >= 4 is 23.0 Å². The van der Waals surface area contributed by atoms with Crippen molar-refractivity contribution in [2.24, 2.45) is 0 Å². The predicted molar refractivity (Wildman–Crippen MR) is 115 cm³/mol. The fraction of sp³-hybridized carbons (Fsp3) is 0.227. The van der Waals surface area contributed by atoms with Gasteiger partial charge in [-0.3, -0.25) is 0 Å². The third kappa shape index (κ3) is 4.84. The van der Waals surface area contributed by atoms with E-state index >= 15 is 0 Å². The molecular weight excluding hydrogens is 372 g/mol. The van der Waals surface area contributed by atoms with Crippen molar-refractivity contribution in [3.05, 3.63) is 77.7 Å². The molecule has 3 aromatic rings. The molecule has 0 aliphatic rings. The summed E-state index contributed by atoms with van der Waals surface area (Å²) < 4.78 is 16.5. The summed E-state index contributed by atoms with van der Waals surface area (Å²) in [6, 6.07) is 17.7. The maximum atomic E-state index is 5.73. The lowest BCUT2D eigenvalue weighted by molar-refractivity contribution is 0.348. The molecule has 0 spiro atoms. The molecule has 0 atom stereocenters. The molecule has 3 rings (SSSR count). The van der Waals surface area contributed by atoms with E-state index in [2.05, 4.69) is 5.32 Å². The number of hydrogen-bond donors (Lipinski definition) is 1. The Balaban J connectivity index is 1.84. The van der Waals surface area contributed by atoms with Crippen LogP contribution in [0.5, 0.6) is 11.5 Å². The van der Waals surface area contributed by atoms with E-state index < -0.39 is 0 Å². The molecule has 0 saturated carbocycles. The summed E-state index contributed by atoms with van der Waals surface area (Å²) in [4.78, 5) is 2.03. The predicted octanol–water partition coefficient (Wildman–Crippen LogP) is 5.00. The van der Waals surface area contributed by atoms with Gasteiger partial charge >= 0.3 is 0 Å². The maximum Gasteiger partial charge on any atom is 0.174 e. The van der Waals surface area contributed by atoms with Crippen molar-refractivity contribution in [2.75, 3.05) is 19.5 Å². The Bertz CT molecular complexity index is 925. The highest BCUT2D eigenvalue weighted by molar-refractivity contribution is 7.80. The number of rotatable bonds is 7. The number of anilines is 1. The number of methoxy groups -OCH3 is 2. The van der Waals surface area contributed by atoms with Crippen molar-refractivity contribution in [1.82, 2.24) is 4.90 Å². The number of hydrogen-bond acceptors (Lipinski definition) is 4. The van der Waals surface area contributed by atoms with Crippen LogP contribution in [0.2, 0.25) is 0 Å². The minimum atomic E-state index is 0.533. The number of benzene rings is 2. The van der Waals surface area contributed by atoms with Gasteiger partial charge in [-0.1, -0.05) is 24.3 Å². The van der Waals surface area contributed by atoms with Gasteiger partial charge in [0.05, 0.1) is 32.7 Å². The average Bonchev–Trinajstić information content (AvgIpc) is 3.22. The molecule has 28 heavy (non-hydrogen) atoms. The second-order valence-electron chi connectivity index (χ2n) is 6.38. The Labute approximate surface area is 170 Å². The largest absolute Gasteiger partial charge is 0.496 e. The first-order valence-corrected chi connectivity index (χ1v) is 9.36. The molecule has 1 aromatic heterocycles. The molecule has 1 N–H and O–H groups in total. The van der Waals surface area contributed by atoms with Gasteiger partial charge < -0.3 is 24.1 Å². The van der Waals surface area contributed by atoms with Crippen LogP contribution in [0.25, 0.3) is 0 Å². The summed E-state index contributed by atoms with van der Waals surface area (Å²) in [6.07, 6.45) is 1.66. The molecule has 0 unspecified atom stereocenters. The molecule has 0 aliphatic heterocycles. The van der Waals surface area contributed by atoms with E-state index in [9.17, 15) is 0 Å². The van der Waals surface area contributed by atoms with Gasteiger partial charge in [-0.25, -0.2) is 0 Å². The molecule has 0 bridgehead atoms. The summed E-state index contributed by atoms with van der Waals surface area (Å²) in [7, 11) is 3.32. The van der Waals surface area contributed by atoms with Gasteiger partial charge in [-0.15, -0.1) is 0 Å². The van der Waals surface area contributed by atoms with Crippen molar-refractivity contribution < 1.29 is 13.9 Å². The number of thiocarbonyl (C=S) groups is 1. The fourth-order valence-electron chi connectivity index (χ4n) is 2.93. The highest BCUT2D eigenvalue weighted by atomic mass is 32.1. The SMILES string of the molecule is COc1ccccc1CN(Cc1ccco1)C(=S)Nc1ccc(C)cc1OC. The topological polar surface area (TPSA) is 46.9 Å². The van der Waals surface area contributed by atoms with Crippen LogP contribution in [0.1, 0.15) is 16.9 Å². The third-order valence-electron chi connectivity index (χ3n) is 4.37. The minimum absolute atomic E-state index is 0.533. The van der Waals surface area contributed by atoms with Gasteiger partial charge in [0.15, 0.2) is 5.11 Å².